The summed E-state index contributed by atoms with van der Waals surface area (Å²) in [6.07, 6.45) is 2.83. The summed E-state index contributed by atoms with van der Waals surface area (Å²) in [5.41, 5.74) is 0.303. The standard InChI is InChI=1S/C20H30N2O4S/c1-15-10-16(2)13-22(12-15)27(24,25)19-8-4-6-17(11-19)20(23)26-18-7-5-9-21(3)14-18/h4,6,8,11,15-16,18H,5,7,9-10,12-14H2,1-3H3/p+1/t15-,16-,18-/m1/s1. The Balaban J connectivity index is 1.75. The minimum atomic E-state index is -3.60. The minimum Gasteiger partial charge on any atom is -0.453 e. The van der Waals surface area contributed by atoms with Gasteiger partial charge in [0.25, 0.3) is 0 Å². The number of likely N-dealkylation sites (N-methyl/N-ethyl adjacent to an activating group) is 1. The lowest BCUT2D eigenvalue weighted by Crippen LogP contribution is -3.11. The molecule has 2 heterocycles. The summed E-state index contributed by atoms with van der Waals surface area (Å²) >= 11 is 0. The number of benzene rings is 1. The first-order valence-electron chi connectivity index (χ1n) is 9.88. The predicted molar refractivity (Wildman–Crippen MR) is 103 cm³/mol. The van der Waals surface area contributed by atoms with E-state index in [1.807, 2.05) is 0 Å². The van der Waals surface area contributed by atoms with Gasteiger partial charge < -0.3 is 9.64 Å². The van der Waals surface area contributed by atoms with E-state index < -0.39 is 16.0 Å². The number of hydrogen-bond donors (Lipinski definition) is 1. The number of likely N-dealkylation sites (tertiary alicyclic amines) is 1. The van der Waals surface area contributed by atoms with Crippen LogP contribution in [0.5, 0.6) is 0 Å². The summed E-state index contributed by atoms with van der Waals surface area (Å²) in [6, 6.07) is 6.27. The molecule has 2 saturated heterocycles. The zero-order chi connectivity index (χ0) is 19.6. The number of quaternary nitrogens is 1. The van der Waals surface area contributed by atoms with Gasteiger partial charge in [-0.05, 0) is 42.9 Å². The number of carbonyl (C=O) groups excluding carboxylic acids is 1. The van der Waals surface area contributed by atoms with Crippen molar-refractivity contribution in [1.29, 1.82) is 0 Å². The van der Waals surface area contributed by atoms with Crippen LogP contribution in [0.2, 0.25) is 0 Å². The Labute approximate surface area is 162 Å². The normalized spacial score (nSPS) is 30.0. The van der Waals surface area contributed by atoms with Crippen molar-refractivity contribution in [2.24, 2.45) is 11.8 Å². The molecule has 0 radical (unpaired) electrons. The molecular weight excluding hydrogens is 364 g/mol. The molecule has 0 saturated carbocycles. The van der Waals surface area contributed by atoms with Gasteiger partial charge in [-0.2, -0.15) is 4.31 Å². The third-order valence-corrected chi connectivity index (χ3v) is 7.35. The Bertz CT molecular complexity index is 770. The number of piperidine rings is 2. The number of rotatable bonds is 4. The average molecular weight is 396 g/mol. The van der Waals surface area contributed by atoms with Crippen molar-refractivity contribution in [2.75, 3.05) is 33.2 Å². The van der Waals surface area contributed by atoms with E-state index in [9.17, 15) is 13.2 Å². The van der Waals surface area contributed by atoms with Crippen LogP contribution in [0.3, 0.4) is 0 Å². The lowest BCUT2D eigenvalue weighted by Gasteiger charge is -2.34. The summed E-state index contributed by atoms with van der Waals surface area (Å²) in [5, 5.41) is 0. The fourth-order valence-corrected chi connectivity index (χ4v) is 6.00. The van der Waals surface area contributed by atoms with E-state index in [2.05, 4.69) is 20.9 Å². The van der Waals surface area contributed by atoms with E-state index in [1.54, 1.807) is 22.5 Å². The number of nitrogens with one attached hydrogen (secondary N) is 1. The Morgan fingerprint density at radius 3 is 2.59 bits per heavy atom. The highest BCUT2D eigenvalue weighted by Gasteiger charge is 2.32. The van der Waals surface area contributed by atoms with Crippen LogP contribution in [0.4, 0.5) is 0 Å². The van der Waals surface area contributed by atoms with Gasteiger partial charge in [0.05, 0.1) is 24.1 Å². The molecule has 0 aromatic heterocycles. The first-order chi connectivity index (χ1) is 12.8. The maximum absolute atomic E-state index is 13.1. The molecule has 0 spiro atoms. The molecule has 0 amide bonds. The maximum atomic E-state index is 13.1. The highest BCUT2D eigenvalue weighted by atomic mass is 32.2. The van der Waals surface area contributed by atoms with Gasteiger partial charge in [0.2, 0.25) is 10.0 Å². The van der Waals surface area contributed by atoms with Gasteiger partial charge in [-0.1, -0.05) is 19.9 Å². The third kappa shape index (κ3) is 4.89. The minimum absolute atomic E-state index is 0.102. The molecule has 2 fully saturated rings. The van der Waals surface area contributed by atoms with Crippen LogP contribution >= 0.6 is 0 Å². The molecule has 6 nitrogen and oxygen atoms in total. The summed E-state index contributed by atoms with van der Waals surface area (Å²) in [7, 11) is -1.51. The second kappa shape index (κ2) is 8.29. The Morgan fingerprint density at radius 2 is 1.93 bits per heavy atom. The van der Waals surface area contributed by atoms with Crippen LogP contribution in [-0.2, 0) is 14.8 Å². The molecule has 2 aliphatic rings. The van der Waals surface area contributed by atoms with Gasteiger partial charge in [0.15, 0.2) is 6.10 Å². The largest absolute Gasteiger partial charge is 0.453 e. The molecule has 1 aromatic rings. The number of carbonyl (C=O) groups is 1. The predicted octanol–water partition coefficient (Wildman–Crippen LogP) is 1.19. The molecule has 27 heavy (non-hydrogen) atoms. The molecule has 4 atom stereocenters. The van der Waals surface area contributed by atoms with Crippen LogP contribution in [0.1, 0.15) is 43.5 Å². The number of hydrogen-bond acceptors (Lipinski definition) is 4. The molecule has 0 bridgehead atoms. The highest BCUT2D eigenvalue weighted by molar-refractivity contribution is 7.89. The zero-order valence-electron chi connectivity index (χ0n) is 16.5. The topological polar surface area (TPSA) is 68.1 Å². The molecule has 7 heteroatoms. The Hall–Kier alpha value is -1.44. The molecule has 1 unspecified atom stereocenters. The van der Waals surface area contributed by atoms with Gasteiger partial charge in [0.1, 0.15) is 6.54 Å². The van der Waals surface area contributed by atoms with Crippen molar-refractivity contribution in [1.82, 2.24) is 4.31 Å². The summed E-state index contributed by atoms with van der Waals surface area (Å²) < 4.78 is 33.3. The average Bonchev–Trinajstić information content (AvgIpc) is 2.61. The van der Waals surface area contributed by atoms with Crippen LogP contribution in [0.25, 0.3) is 0 Å². The second-order valence-corrected chi connectivity index (χ2v) is 10.3. The van der Waals surface area contributed by atoms with Gasteiger partial charge >= 0.3 is 5.97 Å². The van der Waals surface area contributed by atoms with Crippen LogP contribution in [-0.4, -0.2) is 58.0 Å². The molecule has 2 aliphatic heterocycles. The van der Waals surface area contributed by atoms with E-state index in [-0.39, 0.29) is 11.0 Å². The second-order valence-electron chi connectivity index (χ2n) is 8.38. The number of ether oxygens (including phenoxy) is 1. The lowest BCUT2D eigenvalue weighted by molar-refractivity contribution is -0.888. The molecule has 1 N–H and O–H groups in total. The monoisotopic (exact) mass is 395 g/mol. The zero-order valence-corrected chi connectivity index (χ0v) is 17.3. The van der Waals surface area contributed by atoms with E-state index in [0.717, 1.165) is 32.4 Å². The maximum Gasteiger partial charge on any atom is 0.338 e. The van der Waals surface area contributed by atoms with Crippen molar-refractivity contribution in [3.63, 3.8) is 0 Å². The fraction of sp³-hybridized carbons (Fsp3) is 0.650. The first kappa shape index (κ1) is 20.3. The molecule has 1 aromatic carbocycles. The van der Waals surface area contributed by atoms with Crippen LogP contribution in [0.15, 0.2) is 29.2 Å². The number of nitrogens with zero attached hydrogens (tertiary/aromatic N) is 1. The third-order valence-electron chi connectivity index (χ3n) is 5.52. The molecule has 0 aliphatic carbocycles. The summed E-state index contributed by atoms with van der Waals surface area (Å²) in [4.78, 5) is 14.1. The first-order valence-corrected chi connectivity index (χ1v) is 11.3. The van der Waals surface area contributed by atoms with E-state index in [4.69, 9.17) is 4.74 Å². The summed E-state index contributed by atoms with van der Waals surface area (Å²) in [6.45, 7) is 7.10. The van der Waals surface area contributed by atoms with Crippen molar-refractivity contribution in [2.45, 2.75) is 44.1 Å². The lowest BCUT2D eigenvalue weighted by atomic mass is 9.94. The molecular formula is C20H31N2O4S+. The summed E-state index contributed by atoms with van der Waals surface area (Å²) in [5.74, 6) is 0.233. The van der Waals surface area contributed by atoms with E-state index in [0.29, 0.717) is 30.5 Å². The van der Waals surface area contributed by atoms with Crippen LogP contribution in [0, 0.1) is 11.8 Å². The van der Waals surface area contributed by atoms with Gasteiger partial charge in [-0.25, -0.2) is 13.2 Å². The van der Waals surface area contributed by atoms with Crippen molar-refractivity contribution in [3.8, 4) is 0 Å². The highest BCUT2D eigenvalue weighted by Crippen LogP contribution is 2.27. The molecule has 3 rings (SSSR count). The Morgan fingerprint density at radius 1 is 1.22 bits per heavy atom. The quantitative estimate of drug-likeness (QED) is 0.778. The fourth-order valence-electron chi connectivity index (χ4n) is 4.28. The number of esters is 1. The molecule has 150 valence electrons. The number of sulfonamides is 1. The smallest absolute Gasteiger partial charge is 0.338 e. The van der Waals surface area contributed by atoms with Gasteiger partial charge in [-0.3, -0.25) is 0 Å². The van der Waals surface area contributed by atoms with Crippen molar-refractivity contribution < 1.29 is 22.8 Å². The SMILES string of the molecule is C[C@@H]1C[C@@H](C)CN(S(=O)(=O)c2cccc(C(=O)O[C@@H]3CCC[NH+](C)C3)c2)C1. The van der Waals surface area contributed by atoms with E-state index >= 15 is 0 Å². The van der Waals surface area contributed by atoms with Crippen molar-refractivity contribution in [3.05, 3.63) is 29.8 Å². The van der Waals surface area contributed by atoms with Crippen LogP contribution < -0.4 is 4.90 Å². The van der Waals surface area contributed by atoms with Crippen molar-refractivity contribution >= 4 is 16.0 Å². The Kier molecular flexibility index (Phi) is 6.23. The van der Waals surface area contributed by atoms with E-state index in [1.165, 1.54) is 11.0 Å². The van der Waals surface area contributed by atoms with Gasteiger partial charge in [-0.15, -0.1) is 0 Å². The van der Waals surface area contributed by atoms with Gasteiger partial charge in [0, 0.05) is 19.5 Å².